The van der Waals surface area contributed by atoms with Gasteiger partial charge in [0.2, 0.25) is 0 Å². The van der Waals surface area contributed by atoms with Gasteiger partial charge < -0.3 is 10.3 Å². The van der Waals surface area contributed by atoms with Gasteiger partial charge in [0.25, 0.3) is 5.91 Å². The molecule has 0 aliphatic heterocycles. The number of H-pyrrole nitrogens is 1. The van der Waals surface area contributed by atoms with Crippen molar-refractivity contribution in [2.24, 2.45) is 0 Å². The van der Waals surface area contributed by atoms with Crippen LogP contribution < -0.4 is 5.32 Å². The number of rotatable bonds is 4. The zero-order valence-electron chi connectivity index (χ0n) is 10.0. The summed E-state index contributed by atoms with van der Waals surface area (Å²) in [5.41, 5.74) is 1.87. The molecule has 0 aliphatic carbocycles. The van der Waals surface area contributed by atoms with E-state index in [4.69, 9.17) is 0 Å². The minimum absolute atomic E-state index is 0.0830. The van der Waals surface area contributed by atoms with Gasteiger partial charge in [-0.05, 0) is 19.1 Å². The molecule has 0 aliphatic rings. The summed E-state index contributed by atoms with van der Waals surface area (Å²) in [7, 11) is 0. The fraction of sp³-hybridized carbons (Fsp3) is 0.231. The minimum Gasteiger partial charge on any atom is -0.352 e. The lowest BCUT2D eigenvalue weighted by molar-refractivity contribution is 0.0950. The lowest BCUT2D eigenvalue weighted by Crippen LogP contribution is -2.26. The second-order valence-corrected chi connectivity index (χ2v) is 4.07. The molecule has 4 nitrogen and oxygen atoms in total. The van der Waals surface area contributed by atoms with Crippen LogP contribution in [0.2, 0.25) is 0 Å². The van der Waals surface area contributed by atoms with Gasteiger partial charge >= 0.3 is 0 Å². The van der Waals surface area contributed by atoms with E-state index in [-0.39, 0.29) is 5.56 Å². The first-order valence-corrected chi connectivity index (χ1v) is 5.68. The van der Waals surface area contributed by atoms with E-state index < -0.39 is 11.7 Å². The molecule has 2 rings (SSSR count). The van der Waals surface area contributed by atoms with E-state index in [1.807, 2.05) is 6.92 Å². The zero-order valence-corrected chi connectivity index (χ0v) is 10.0. The van der Waals surface area contributed by atoms with Crippen molar-refractivity contribution in [2.75, 3.05) is 6.54 Å². The number of benzene rings is 1. The number of imidazole rings is 1. The Kier molecular flexibility index (Phi) is 3.72. The van der Waals surface area contributed by atoms with Crippen LogP contribution in [-0.2, 0) is 6.42 Å². The smallest absolute Gasteiger partial charge is 0.254 e. The Bertz CT molecular complexity index is 537. The minimum atomic E-state index is -0.500. The van der Waals surface area contributed by atoms with Crippen molar-refractivity contribution in [1.29, 1.82) is 0 Å². The van der Waals surface area contributed by atoms with Crippen molar-refractivity contribution in [3.8, 4) is 0 Å². The Balaban J connectivity index is 1.93. The van der Waals surface area contributed by atoms with Crippen LogP contribution in [0.5, 0.6) is 0 Å². The summed E-state index contributed by atoms with van der Waals surface area (Å²) in [6.07, 6.45) is 3.91. The van der Waals surface area contributed by atoms with E-state index >= 15 is 0 Å². The van der Waals surface area contributed by atoms with Crippen LogP contribution >= 0.6 is 0 Å². The molecule has 0 radical (unpaired) electrons. The Hall–Kier alpha value is -2.17. The topological polar surface area (TPSA) is 57.8 Å². The third-order valence-electron chi connectivity index (χ3n) is 2.60. The quantitative estimate of drug-likeness (QED) is 0.866. The van der Waals surface area contributed by atoms with E-state index in [1.54, 1.807) is 24.7 Å². The average Bonchev–Trinajstić information content (AvgIpc) is 2.85. The Morgan fingerprint density at radius 2 is 2.33 bits per heavy atom. The third kappa shape index (κ3) is 2.94. The van der Waals surface area contributed by atoms with Gasteiger partial charge in [-0.2, -0.15) is 0 Å². The number of nitrogens with one attached hydrogen (secondary N) is 2. The molecule has 1 heterocycles. The SMILES string of the molecule is Cc1ccc(F)c(C(=O)NCCc2cnc[nH]2)c1. The first-order chi connectivity index (χ1) is 8.66. The molecule has 0 unspecified atom stereocenters. The summed E-state index contributed by atoms with van der Waals surface area (Å²) in [6, 6.07) is 4.48. The molecule has 94 valence electrons. The summed E-state index contributed by atoms with van der Waals surface area (Å²) in [5.74, 6) is -0.893. The molecular formula is C13H14FN3O. The fourth-order valence-corrected chi connectivity index (χ4v) is 1.64. The van der Waals surface area contributed by atoms with Gasteiger partial charge in [0.15, 0.2) is 0 Å². The van der Waals surface area contributed by atoms with Crippen molar-refractivity contribution >= 4 is 5.91 Å². The molecule has 0 saturated heterocycles. The van der Waals surface area contributed by atoms with Gasteiger partial charge in [0, 0.05) is 24.9 Å². The highest BCUT2D eigenvalue weighted by molar-refractivity contribution is 5.94. The number of hydrogen-bond acceptors (Lipinski definition) is 2. The Morgan fingerprint density at radius 1 is 1.50 bits per heavy atom. The van der Waals surface area contributed by atoms with Crippen LogP contribution in [0.1, 0.15) is 21.6 Å². The first kappa shape index (κ1) is 12.3. The normalized spacial score (nSPS) is 10.3. The predicted octanol–water partition coefficient (Wildman–Crippen LogP) is 1.83. The molecule has 5 heteroatoms. The molecule has 18 heavy (non-hydrogen) atoms. The molecule has 0 bridgehead atoms. The molecular weight excluding hydrogens is 233 g/mol. The summed E-state index contributed by atoms with van der Waals surface area (Å²) < 4.78 is 13.4. The number of halogens is 1. The maximum absolute atomic E-state index is 13.4. The lowest BCUT2D eigenvalue weighted by Gasteiger charge is -2.06. The average molecular weight is 247 g/mol. The molecule has 2 aromatic rings. The number of aryl methyl sites for hydroxylation is 1. The molecule has 2 N–H and O–H groups in total. The maximum Gasteiger partial charge on any atom is 0.254 e. The number of amides is 1. The molecule has 0 atom stereocenters. The highest BCUT2D eigenvalue weighted by Crippen LogP contribution is 2.09. The van der Waals surface area contributed by atoms with Gasteiger partial charge in [0.05, 0.1) is 11.9 Å². The molecule has 1 aromatic carbocycles. The monoisotopic (exact) mass is 247 g/mol. The van der Waals surface area contributed by atoms with Gasteiger partial charge in [-0.3, -0.25) is 4.79 Å². The summed E-state index contributed by atoms with van der Waals surface area (Å²) in [5, 5.41) is 2.68. The van der Waals surface area contributed by atoms with Crippen LogP contribution in [0, 0.1) is 12.7 Å². The van der Waals surface area contributed by atoms with Crippen LogP contribution in [0.15, 0.2) is 30.7 Å². The molecule has 1 aromatic heterocycles. The van der Waals surface area contributed by atoms with Crippen molar-refractivity contribution in [2.45, 2.75) is 13.3 Å². The first-order valence-electron chi connectivity index (χ1n) is 5.68. The predicted molar refractivity (Wildman–Crippen MR) is 65.8 cm³/mol. The largest absolute Gasteiger partial charge is 0.352 e. The van der Waals surface area contributed by atoms with Gasteiger partial charge in [0.1, 0.15) is 5.82 Å². The maximum atomic E-state index is 13.4. The summed E-state index contributed by atoms with van der Waals surface area (Å²) in [4.78, 5) is 18.6. The Labute approximate surface area is 104 Å². The number of hydrogen-bond donors (Lipinski definition) is 2. The van der Waals surface area contributed by atoms with Gasteiger partial charge in [-0.15, -0.1) is 0 Å². The van der Waals surface area contributed by atoms with Crippen molar-refractivity contribution in [3.63, 3.8) is 0 Å². The van der Waals surface area contributed by atoms with E-state index in [1.165, 1.54) is 6.07 Å². The molecule has 0 saturated carbocycles. The van der Waals surface area contributed by atoms with E-state index in [0.717, 1.165) is 11.3 Å². The fourth-order valence-electron chi connectivity index (χ4n) is 1.64. The van der Waals surface area contributed by atoms with Crippen LogP contribution in [0.4, 0.5) is 4.39 Å². The second kappa shape index (κ2) is 5.44. The van der Waals surface area contributed by atoms with Crippen LogP contribution in [0.3, 0.4) is 0 Å². The number of aromatic amines is 1. The van der Waals surface area contributed by atoms with Crippen LogP contribution in [0.25, 0.3) is 0 Å². The zero-order chi connectivity index (χ0) is 13.0. The van der Waals surface area contributed by atoms with Crippen molar-refractivity contribution in [3.05, 3.63) is 53.4 Å². The molecule has 0 spiro atoms. The Morgan fingerprint density at radius 3 is 3.06 bits per heavy atom. The van der Waals surface area contributed by atoms with Crippen molar-refractivity contribution < 1.29 is 9.18 Å². The standard InChI is InChI=1S/C13H14FN3O/c1-9-2-3-12(14)11(6-9)13(18)16-5-4-10-7-15-8-17-10/h2-3,6-8H,4-5H2,1H3,(H,15,17)(H,16,18). The number of aromatic nitrogens is 2. The summed E-state index contributed by atoms with van der Waals surface area (Å²) in [6.45, 7) is 2.26. The third-order valence-corrected chi connectivity index (χ3v) is 2.60. The van der Waals surface area contributed by atoms with E-state index in [0.29, 0.717) is 13.0 Å². The number of carbonyl (C=O) groups is 1. The van der Waals surface area contributed by atoms with Crippen LogP contribution in [-0.4, -0.2) is 22.4 Å². The second-order valence-electron chi connectivity index (χ2n) is 4.07. The van der Waals surface area contributed by atoms with Gasteiger partial charge in [-0.1, -0.05) is 11.6 Å². The van der Waals surface area contributed by atoms with E-state index in [2.05, 4.69) is 15.3 Å². The molecule has 0 fully saturated rings. The highest BCUT2D eigenvalue weighted by Gasteiger charge is 2.11. The lowest BCUT2D eigenvalue weighted by atomic mass is 10.1. The molecule has 1 amide bonds. The number of carbonyl (C=O) groups excluding carboxylic acids is 1. The van der Waals surface area contributed by atoms with Gasteiger partial charge in [-0.25, -0.2) is 9.37 Å². The highest BCUT2D eigenvalue weighted by atomic mass is 19.1. The number of nitrogens with zero attached hydrogens (tertiary/aromatic N) is 1. The van der Waals surface area contributed by atoms with Crippen molar-refractivity contribution in [1.82, 2.24) is 15.3 Å². The summed E-state index contributed by atoms with van der Waals surface area (Å²) >= 11 is 0. The van der Waals surface area contributed by atoms with E-state index in [9.17, 15) is 9.18 Å².